The fourth-order valence-corrected chi connectivity index (χ4v) is 1.72. The van der Waals surface area contributed by atoms with Gasteiger partial charge in [0.2, 0.25) is 0 Å². The van der Waals surface area contributed by atoms with Gasteiger partial charge in [0.1, 0.15) is 0 Å². The van der Waals surface area contributed by atoms with Crippen molar-refractivity contribution in [3.63, 3.8) is 0 Å². The monoisotopic (exact) mass is 310 g/mol. The number of ether oxygens (including phenoxy) is 1. The van der Waals surface area contributed by atoms with Crippen LogP contribution in [0.2, 0.25) is 0 Å². The maximum Gasteiger partial charge on any atom is 0.331 e. The lowest BCUT2D eigenvalue weighted by molar-refractivity contribution is -0.139. The molecule has 0 aliphatic carbocycles. The van der Waals surface area contributed by atoms with Crippen LogP contribution in [-0.4, -0.2) is 12.6 Å². The molecule has 0 fully saturated rings. The normalized spacial score (nSPS) is 14.4. The second kappa shape index (κ2) is 6.43. The molecule has 14 heavy (non-hydrogen) atoms. The van der Waals surface area contributed by atoms with Gasteiger partial charge in [0.05, 0.1) is 6.61 Å². The minimum atomic E-state index is -0.250. The summed E-state index contributed by atoms with van der Waals surface area (Å²) in [5.74, 6) is 0.168. The highest BCUT2D eigenvalue weighted by molar-refractivity contribution is 14.1. The molecule has 0 heterocycles. The lowest BCUT2D eigenvalue weighted by atomic mass is 9.86. The molecule has 0 radical (unpaired) electrons. The molecule has 1 unspecified atom stereocenters. The highest BCUT2D eigenvalue weighted by Gasteiger charge is 2.15. The number of hydrogen-bond acceptors (Lipinski definition) is 2. The summed E-state index contributed by atoms with van der Waals surface area (Å²) in [6, 6.07) is 0. The van der Waals surface area contributed by atoms with Crippen molar-refractivity contribution < 1.29 is 9.53 Å². The minimum Gasteiger partial charge on any atom is -0.462 e. The SMILES string of the molecule is CC(COC(=O)/C=C/I)CC(C)(C)C. The Hall–Kier alpha value is -0.0600. The molecule has 0 aliphatic rings. The van der Waals surface area contributed by atoms with E-state index < -0.39 is 0 Å². The molecule has 0 aromatic heterocycles. The zero-order chi connectivity index (χ0) is 11.2. The van der Waals surface area contributed by atoms with E-state index in [1.807, 2.05) is 22.6 Å². The van der Waals surface area contributed by atoms with Crippen LogP contribution >= 0.6 is 22.6 Å². The maximum absolute atomic E-state index is 11.0. The van der Waals surface area contributed by atoms with E-state index in [4.69, 9.17) is 4.74 Å². The van der Waals surface area contributed by atoms with E-state index in [1.165, 1.54) is 6.08 Å². The van der Waals surface area contributed by atoms with Gasteiger partial charge in [-0.2, -0.15) is 0 Å². The van der Waals surface area contributed by atoms with Crippen molar-refractivity contribution in [1.29, 1.82) is 0 Å². The summed E-state index contributed by atoms with van der Waals surface area (Å²) in [7, 11) is 0. The van der Waals surface area contributed by atoms with Gasteiger partial charge >= 0.3 is 5.97 Å². The van der Waals surface area contributed by atoms with Crippen LogP contribution < -0.4 is 0 Å². The molecule has 0 saturated carbocycles. The van der Waals surface area contributed by atoms with Gasteiger partial charge in [0.25, 0.3) is 0 Å². The van der Waals surface area contributed by atoms with Gasteiger partial charge in [-0.25, -0.2) is 4.79 Å². The Morgan fingerprint density at radius 2 is 2.07 bits per heavy atom. The van der Waals surface area contributed by atoms with Gasteiger partial charge in [-0.3, -0.25) is 0 Å². The van der Waals surface area contributed by atoms with Crippen LogP contribution in [0, 0.1) is 11.3 Å². The van der Waals surface area contributed by atoms with Gasteiger partial charge in [-0.05, 0) is 21.8 Å². The zero-order valence-electron chi connectivity index (χ0n) is 9.34. The molecule has 3 heteroatoms. The van der Waals surface area contributed by atoms with E-state index in [-0.39, 0.29) is 5.97 Å². The first kappa shape index (κ1) is 13.9. The summed E-state index contributed by atoms with van der Waals surface area (Å²) in [6.45, 7) is 9.19. The average molecular weight is 310 g/mol. The molecule has 0 saturated heterocycles. The quantitative estimate of drug-likeness (QED) is 0.451. The zero-order valence-corrected chi connectivity index (χ0v) is 11.5. The average Bonchev–Trinajstić information content (AvgIpc) is 1.98. The van der Waals surface area contributed by atoms with Crippen LogP contribution in [0.15, 0.2) is 10.2 Å². The van der Waals surface area contributed by atoms with Gasteiger partial charge in [0.15, 0.2) is 0 Å². The lowest BCUT2D eigenvalue weighted by Crippen LogP contribution is -2.16. The molecular formula is C11H19IO2. The standard InChI is InChI=1S/C11H19IO2/c1-9(7-11(2,3)4)8-14-10(13)5-6-12/h5-6,9H,7-8H2,1-4H3/b6-5+. The summed E-state index contributed by atoms with van der Waals surface area (Å²) >= 11 is 2.00. The largest absolute Gasteiger partial charge is 0.462 e. The van der Waals surface area contributed by atoms with Crippen molar-refractivity contribution >= 4 is 28.6 Å². The van der Waals surface area contributed by atoms with Crippen LogP contribution in [0.1, 0.15) is 34.1 Å². The van der Waals surface area contributed by atoms with Crippen LogP contribution in [0.4, 0.5) is 0 Å². The number of esters is 1. The predicted octanol–water partition coefficient (Wildman–Crippen LogP) is 3.55. The van der Waals surface area contributed by atoms with Gasteiger partial charge in [-0.1, -0.05) is 50.3 Å². The summed E-state index contributed by atoms with van der Waals surface area (Å²) < 4.78 is 6.72. The Bertz CT molecular complexity index is 204. The molecule has 2 nitrogen and oxygen atoms in total. The first-order valence-electron chi connectivity index (χ1n) is 4.78. The van der Waals surface area contributed by atoms with Gasteiger partial charge in [0, 0.05) is 6.08 Å². The molecule has 0 aromatic rings. The van der Waals surface area contributed by atoms with Crippen molar-refractivity contribution in [1.82, 2.24) is 0 Å². The molecule has 0 aliphatic heterocycles. The Morgan fingerprint density at radius 3 is 2.50 bits per heavy atom. The minimum absolute atomic E-state index is 0.250. The van der Waals surface area contributed by atoms with Crippen LogP contribution in [0.3, 0.4) is 0 Å². The highest BCUT2D eigenvalue weighted by Crippen LogP contribution is 2.24. The summed E-state index contributed by atoms with van der Waals surface area (Å²) in [5, 5.41) is 0. The summed E-state index contributed by atoms with van der Waals surface area (Å²) in [6.07, 6.45) is 2.50. The highest BCUT2D eigenvalue weighted by atomic mass is 127. The van der Waals surface area contributed by atoms with E-state index in [0.29, 0.717) is 17.9 Å². The van der Waals surface area contributed by atoms with E-state index in [9.17, 15) is 4.79 Å². The Morgan fingerprint density at radius 1 is 1.50 bits per heavy atom. The molecule has 0 spiro atoms. The Kier molecular flexibility index (Phi) is 6.40. The fraction of sp³-hybridized carbons (Fsp3) is 0.727. The van der Waals surface area contributed by atoms with Gasteiger partial charge < -0.3 is 4.74 Å². The third-order valence-corrected chi connectivity index (χ3v) is 2.03. The van der Waals surface area contributed by atoms with Crippen LogP contribution in [0.25, 0.3) is 0 Å². The number of carbonyl (C=O) groups excluding carboxylic acids is 1. The van der Waals surface area contributed by atoms with Crippen molar-refractivity contribution in [2.75, 3.05) is 6.61 Å². The molecule has 0 bridgehead atoms. The molecule has 0 amide bonds. The molecule has 0 N–H and O–H groups in total. The van der Waals surface area contributed by atoms with E-state index in [2.05, 4.69) is 27.7 Å². The molecule has 82 valence electrons. The van der Waals surface area contributed by atoms with Gasteiger partial charge in [-0.15, -0.1) is 0 Å². The number of halogens is 1. The van der Waals surface area contributed by atoms with Crippen LogP contribution in [-0.2, 0) is 9.53 Å². The molecule has 1 atom stereocenters. The maximum atomic E-state index is 11.0. The topological polar surface area (TPSA) is 26.3 Å². The van der Waals surface area contributed by atoms with Crippen molar-refractivity contribution in [3.05, 3.63) is 10.2 Å². The summed E-state index contributed by atoms with van der Waals surface area (Å²) in [4.78, 5) is 11.0. The number of carbonyl (C=O) groups is 1. The third-order valence-electron chi connectivity index (χ3n) is 1.67. The second-order valence-electron chi connectivity index (χ2n) is 4.79. The first-order valence-corrected chi connectivity index (χ1v) is 6.03. The third kappa shape index (κ3) is 8.53. The lowest BCUT2D eigenvalue weighted by Gasteiger charge is -2.22. The second-order valence-corrected chi connectivity index (χ2v) is 5.51. The smallest absolute Gasteiger partial charge is 0.331 e. The Balaban J connectivity index is 3.74. The molecule has 0 rings (SSSR count). The van der Waals surface area contributed by atoms with Crippen molar-refractivity contribution in [3.8, 4) is 0 Å². The van der Waals surface area contributed by atoms with Crippen molar-refractivity contribution in [2.24, 2.45) is 11.3 Å². The van der Waals surface area contributed by atoms with E-state index >= 15 is 0 Å². The number of rotatable bonds is 4. The molecule has 0 aromatic carbocycles. The number of hydrogen-bond donors (Lipinski definition) is 0. The molecular weight excluding hydrogens is 291 g/mol. The summed E-state index contributed by atoms with van der Waals surface area (Å²) in [5.41, 5.74) is 0.297. The first-order chi connectivity index (χ1) is 6.35. The van der Waals surface area contributed by atoms with Crippen molar-refractivity contribution in [2.45, 2.75) is 34.1 Å². The Labute approximate surface area is 100 Å². The van der Waals surface area contributed by atoms with E-state index in [0.717, 1.165) is 6.42 Å². The fourth-order valence-electron chi connectivity index (χ4n) is 1.43. The van der Waals surface area contributed by atoms with Crippen LogP contribution in [0.5, 0.6) is 0 Å². The van der Waals surface area contributed by atoms with E-state index in [1.54, 1.807) is 4.08 Å². The predicted molar refractivity (Wildman–Crippen MR) is 67.4 cm³/mol.